The minimum Gasteiger partial charge on any atom is -0.491 e. The number of hydrogen-bond acceptors (Lipinski definition) is 5. The summed E-state index contributed by atoms with van der Waals surface area (Å²) in [4.78, 5) is 2.14. The fraction of sp³-hybridized carbons (Fsp3) is 0.562. The van der Waals surface area contributed by atoms with Gasteiger partial charge in [-0.1, -0.05) is 6.07 Å². The van der Waals surface area contributed by atoms with E-state index in [1.165, 1.54) is 0 Å². The van der Waals surface area contributed by atoms with E-state index < -0.39 is 6.10 Å². The Hall–Kier alpha value is -1.61. The van der Waals surface area contributed by atoms with Gasteiger partial charge in [-0.2, -0.15) is 5.26 Å². The molecule has 0 saturated heterocycles. The first kappa shape index (κ1) is 17.4. The standard InChI is InChI=1S/C16H25N3O2/c1-16(2,19(3)4)12-18-10-14(20)11-21-15-7-5-6-13(8-15)9-17/h5-8,14,18,20H,10-12H2,1-4H3. The summed E-state index contributed by atoms with van der Waals surface area (Å²) in [5.74, 6) is 0.599. The molecule has 0 saturated carbocycles. The molecule has 1 rings (SSSR count). The Bertz CT molecular complexity index is 481. The minimum absolute atomic E-state index is 0.0295. The quantitative estimate of drug-likeness (QED) is 0.754. The van der Waals surface area contributed by atoms with Gasteiger partial charge in [0.05, 0.1) is 11.6 Å². The molecule has 116 valence electrons. The predicted molar refractivity (Wildman–Crippen MR) is 83.3 cm³/mol. The molecule has 2 N–H and O–H groups in total. The molecule has 21 heavy (non-hydrogen) atoms. The van der Waals surface area contributed by atoms with Crippen LogP contribution in [0.15, 0.2) is 24.3 Å². The van der Waals surface area contributed by atoms with Gasteiger partial charge in [-0.05, 0) is 46.1 Å². The number of nitrogens with zero attached hydrogens (tertiary/aromatic N) is 2. The van der Waals surface area contributed by atoms with E-state index in [1.54, 1.807) is 24.3 Å². The Morgan fingerprint density at radius 3 is 2.76 bits per heavy atom. The number of benzene rings is 1. The summed E-state index contributed by atoms with van der Waals surface area (Å²) in [6.07, 6.45) is -0.589. The summed E-state index contributed by atoms with van der Waals surface area (Å²) < 4.78 is 5.49. The Morgan fingerprint density at radius 1 is 1.43 bits per heavy atom. The maximum atomic E-state index is 9.91. The second kappa shape index (κ2) is 7.99. The lowest BCUT2D eigenvalue weighted by Crippen LogP contribution is -2.48. The zero-order chi connectivity index (χ0) is 15.9. The fourth-order valence-corrected chi connectivity index (χ4v) is 1.61. The lowest BCUT2D eigenvalue weighted by molar-refractivity contribution is 0.100. The third-order valence-corrected chi connectivity index (χ3v) is 3.55. The van der Waals surface area contributed by atoms with Crippen molar-refractivity contribution in [3.63, 3.8) is 0 Å². The smallest absolute Gasteiger partial charge is 0.120 e. The topological polar surface area (TPSA) is 68.5 Å². The van der Waals surface area contributed by atoms with Crippen LogP contribution in [-0.4, -0.2) is 55.4 Å². The summed E-state index contributed by atoms with van der Waals surface area (Å²) >= 11 is 0. The van der Waals surface area contributed by atoms with E-state index in [-0.39, 0.29) is 12.1 Å². The van der Waals surface area contributed by atoms with Crippen LogP contribution in [0.4, 0.5) is 0 Å². The van der Waals surface area contributed by atoms with E-state index in [9.17, 15) is 5.11 Å². The molecule has 0 bridgehead atoms. The molecule has 0 aliphatic heterocycles. The van der Waals surface area contributed by atoms with E-state index in [1.807, 2.05) is 14.1 Å². The van der Waals surface area contributed by atoms with Gasteiger partial charge in [0, 0.05) is 18.6 Å². The first-order valence-corrected chi connectivity index (χ1v) is 7.04. The first-order valence-electron chi connectivity index (χ1n) is 7.04. The number of likely N-dealkylation sites (N-methyl/N-ethyl adjacent to an activating group) is 1. The molecule has 1 unspecified atom stereocenters. The van der Waals surface area contributed by atoms with E-state index in [0.717, 1.165) is 6.54 Å². The number of nitrogens with one attached hydrogen (secondary N) is 1. The molecule has 0 fully saturated rings. The molecule has 0 amide bonds. The molecular formula is C16H25N3O2. The Balaban J connectivity index is 2.31. The second-order valence-electron chi connectivity index (χ2n) is 5.94. The number of hydrogen-bond donors (Lipinski definition) is 2. The van der Waals surface area contributed by atoms with Crippen molar-refractivity contribution in [1.82, 2.24) is 10.2 Å². The number of rotatable bonds is 8. The molecule has 0 radical (unpaired) electrons. The van der Waals surface area contributed by atoms with Crippen LogP contribution in [0.25, 0.3) is 0 Å². The lowest BCUT2D eigenvalue weighted by atomic mass is 10.0. The van der Waals surface area contributed by atoms with Crippen LogP contribution in [0, 0.1) is 11.3 Å². The van der Waals surface area contributed by atoms with Crippen molar-refractivity contribution in [3.8, 4) is 11.8 Å². The molecule has 5 heteroatoms. The van der Waals surface area contributed by atoms with Crippen LogP contribution >= 0.6 is 0 Å². The van der Waals surface area contributed by atoms with E-state index in [2.05, 4.69) is 30.1 Å². The van der Waals surface area contributed by atoms with Crippen molar-refractivity contribution >= 4 is 0 Å². The van der Waals surface area contributed by atoms with Gasteiger partial charge < -0.3 is 20.1 Å². The number of nitriles is 1. The van der Waals surface area contributed by atoms with Crippen LogP contribution < -0.4 is 10.1 Å². The van der Waals surface area contributed by atoms with Crippen LogP contribution in [0.1, 0.15) is 19.4 Å². The van der Waals surface area contributed by atoms with Gasteiger partial charge in [0.25, 0.3) is 0 Å². The van der Waals surface area contributed by atoms with Crippen molar-refractivity contribution in [3.05, 3.63) is 29.8 Å². The van der Waals surface area contributed by atoms with E-state index in [4.69, 9.17) is 10.00 Å². The fourth-order valence-electron chi connectivity index (χ4n) is 1.61. The van der Waals surface area contributed by atoms with Gasteiger partial charge in [-0.25, -0.2) is 0 Å². The molecule has 0 heterocycles. The molecule has 0 spiro atoms. The zero-order valence-corrected chi connectivity index (χ0v) is 13.3. The average molecular weight is 291 g/mol. The van der Waals surface area contributed by atoms with E-state index in [0.29, 0.717) is 17.9 Å². The van der Waals surface area contributed by atoms with Crippen molar-refractivity contribution in [2.45, 2.75) is 25.5 Å². The molecule has 1 aromatic carbocycles. The highest BCUT2D eigenvalue weighted by Gasteiger charge is 2.20. The van der Waals surface area contributed by atoms with Crippen LogP contribution in [-0.2, 0) is 0 Å². The summed E-state index contributed by atoms with van der Waals surface area (Å²) in [5, 5.41) is 22.0. The van der Waals surface area contributed by atoms with Crippen LogP contribution in [0.3, 0.4) is 0 Å². The van der Waals surface area contributed by atoms with Gasteiger partial charge in [-0.3, -0.25) is 0 Å². The van der Waals surface area contributed by atoms with Gasteiger partial charge in [-0.15, -0.1) is 0 Å². The van der Waals surface area contributed by atoms with Crippen LogP contribution in [0.2, 0.25) is 0 Å². The van der Waals surface area contributed by atoms with Gasteiger partial charge in [0.2, 0.25) is 0 Å². The van der Waals surface area contributed by atoms with Crippen LogP contribution in [0.5, 0.6) is 5.75 Å². The number of ether oxygens (including phenoxy) is 1. The first-order chi connectivity index (χ1) is 9.85. The Kier molecular flexibility index (Phi) is 6.63. The molecule has 0 aliphatic carbocycles. The predicted octanol–water partition coefficient (Wildman–Crippen LogP) is 1.23. The summed E-state index contributed by atoms with van der Waals surface area (Å²) in [6, 6.07) is 8.97. The normalized spacial score (nSPS) is 13.0. The molecule has 5 nitrogen and oxygen atoms in total. The summed E-state index contributed by atoms with van der Waals surface area (Å²) in [5.41, 5.74) is 0.578. The second-order valence-corrected chi connectivity index (χ2v) is 5.94. The highest BCUT2D eigenvalue weighted by molar-refractivity contribution is 5.36. The molecular weight excluding hydrogens is 266 g/mol. The Labute approximate surface area is 127 Å². The average Bonchev–Trinajstić information content (AvgIpc) is 2.45. The maximum absolute atomic E-state index is 9.91. The molecule has 1 aromatic rings. The summed E-state index contributed by atoms with van der Waals surface area (Å²) in [7, 11) is 4.06. The zero-order valence-electron chi connectivity index (χ0n) is 13.3. The molecule has 1 atom stereocenters. The highest BCUT2D eigenvalue weighted by Crippen LogP contribution is 2.12. The Morgan fingerprint density at radius 2 is 2.14 bits per heavy atom. The lowest BCUT2D eigenvalue weighted by Gasteiger charge is -2.33. The van der Waals surface area contributed by atoms with Crippen molar-refractivity contribution in [2.24, 2.45) is 0 Å². The monoisotopic (exact) mass is 291 g/mol. The minimum atomic E-state index is -0.589. The number of aliphatic hydroxyl groups is 1. The molecule has 0 aliphatic rings. The van der Waals surface area contributed by atoms with Crippen molar-refractivity contribution in [2.75, 3.05) is 33.8 Å². The third kappa shape index (κ3) is 6.13. The largest absolute Gasteiger partial charge is 0.491 e. The number of aliphatic hydroxyl groups excluding tert-OH is 1. The molecule has 0 aromatic heterocycles. The highest BCUT2D eigenvalue weighted by atomic mass is 16.5. The van der Waals surface area contributed by atoms with Gasteiger partial charge in [0.1, 0.15) is 18.5 Å². The van der Waals surface area contributed by atoms with Gasteiger partial charge in [0.15, 0.2) is 0 Å². The maximum Gasteiger partial charge on any atom is 0.120 e. The van der Waals surface area contributed by atoms with Gasteiger partial charge >= 0.3 is 0 Å². The van der Waals surface area contributed by atoms with Crippen molar-refractivity contribution in [1.29, 1.82) is 5.26 Å². The third-order valence-electron chi connectivity index (χ3n) is 3.55. The van der Waals surface area contributed by atoms with Crippen molar-refractivity contribution < 1.29 is 9.84 Å². The van der Waals surface area contributed by atoms with E-state index >= 15 is 0 Å². The summed E-state index contributed by atoms with van der Waals surface area (Å²) in [6.45, 7) is 5.72. The SMILES string of the molecule is CN(C)C(C)(C)CNCC(O)COc1cccc(C#N)c1.